The minimum Gasteiger partial charge on any atom is -0.497 e. The van der Waals surface area contributed by atoms with Crippen molar-refractivity contribution in [3.05, 3.63) is 95.0 Å². The van der Waals surface area contributed by atoms with Crippen LogP contribution in [0.2, 0.25) is 5.02 Å². The number of methoxy groups -OCH3 is 1. The second-order valence-electron chi connectivity index (χ2n) is 10.7. The zero-order valence-corrected chi connectivity index (χ0v) is 25.6. The molecule has 0 aromatic heterocycles. The SMILES string of the molecule is COc1ccc(N(CC(=O)N(Cc2ccc(Cl)cc2)C(Cc2ccccc2)C(=O)NC2CCCCC2)S(C)(=O)=O)cc1. The fraction of sp³-hybridized carbons (Fsp3) is 0.375. The maximum Gasteiger partial charge on any atom is 0.244 e. The standard InChI is InChI=1S/C32H38ClN3O5S/c1-41-29-19-17-28(18-20-29)36(42(2,39)40)23-31(37)35(22-25-13-15-26(33)16-14-25)30(21-24-9-5-3-6-10-24)32(38)34-27-11-7-4-8-12-27/h3,5-6,9-10,13-20,27,30H,4,7-8,11-12,21-23H2,1-2H3,(H,34,38). The summed E-state index contributed by atoms with van der Waals surface area (Å²) in [5.41, 5.74) is 1.99. The first-order valence-electron chi connectivity index (χ1n) is 14.1. The van der Waals surface area contributed by atoms with Crippen LogP contribution < -0.4 is 14.4 Å². The normalized spacial score (nSPS) is 14.5. The first-order valence-corrected chi connectivity index (χ1v) is 16.4. The average Bonchev–Trinajstić information content (AvgIpc) is 2.99. The first-order chi connectivity index (χ1) is 20.1. The monoisotopic (exact) mass is 611 g/mol. The van der Waals surface area contributed by atoms with E-state index in [-0.39, 0.29) is 24.9 Å². The maximum absolute atomic E-state index is 14.2. The second-order valence-corrected chi connectivity index (χ2v) is 13.0. The van der Waals surface area contributed by atoms with E-state index in [1.165, 1.54) is 12.0 Å². The fourth-order valence-corrected chi connectivity index (χ4v) is 6.22. The molecule has 1 N–H and O–H groups in total. The minimum atomic E-state index is -3.85. The van der Waals surface area contributed by atoms with E-state index < -0.39 is 28.5 Å². The van der Waals surface area contributed by atoms with Gasteiger partial charge in [0.2, 0.25) is 21.8 Å². The van der Waals surface area contributed by atoms with E-state index in [9.17, 15) is 18.0 Å². The third-order valence-electron chi connectivity index (χ3n) is 7.53. The lowest BCUT2D eigenvalue weighted by Crippen LogP contribution is -2.55. The highest BCUT2D eigenvalue weighted by Crippen LogP contribution is 2.24. The zero-order valence-electron chi connectivity index (χ0n) is 24.0. The summed E-state index contributed by atoms with van der Waals surface area (Å²) in [6, 6.07) is 22.2. The minimum absolute atomic E-state index is 0.0452. The molecule has 3 aromatic rings. The number of amides is 2. The number of benzene rings is 3. The summed E-state index contributed by atoms with van der Waals surface area (Å²) in [7, 11) is -2.32. The van der Waals surface area contributed by atoms with Gasteiger partial charge >= 0.3 is 0 Å². The summed E-state index contributed by atoms with van der Waals surface area (Å²) >= 11 is 6.12. The lowest BCUT2D eigenvalue weighted by atomic mass is 9.94. The van der Waals surface area contributed by atoms with Crippen molar-refractivity contribution in [2.24, 2.45) is 0 Å². The molecule has 0 spiro atoms. The van der Waals surface area contributed by atoms with Gasteiger partial charge in [-0.2, -0.15) is 0 Å². The molecule has 10 heteroatoms. The van der Waals surface area contributed by atoms with Gasteiger partial charge in [-0.1, -0.05) is 73.3 Å². The quantitative estimate of drug-likeness (QED) is 0.304. The van der Waals surface area contributed by atoms with E-state index >= 15 is 0 Å². The number of nitrogens with zero attached hydrogens (tertiary/aromatic N) is 2. The third-order valence-corrected chi connectivity index (χ3v) is 8.92. The Kier molecular flexibility index (Phi) is 10.9. The van der Waals surface area contributed by atoms with Crippen molar-refractivity contribution in [2.45, 2.75) is 57.2 Å². The molecule has 42 heavy (non-hydrogen) atoms. The molecule has 0 bridgehead atoms. The molecule has 224 valence electrons. The number of hydrogen-bond acceptors (Lipinski definition) is 5. The summed E-state index contributed by atoms with van der Waals surface area (Å²) in [4.78, 5) is 29.6. The molecule has 0 saturated heterocycles. The van der Waals surface area contributed by atoms with Gasteiger partial charge in [0.25, 0.3) is 0 Å². The van der Waals surface area contributed by atoms with Crippen molar-refractivity contribution in [1.82, 2.24) is 10.2 Å². The Morgan fingerprint density at radius 1 is 0.929 bits per heavy atom. The van der Waals surface area contributed by atoms with Crippen LogP contribution in [0.3, 0.4) is 0 Å². The van der Waals surface area contributed by atoms with Crippen molar-refractivity contribution in [3.8, 4) is 5.75 Å². The number of halogens is 1. The fourth-order valence-electron chi connectivity index (χ4n) is 5.25. The Bertz CT molecular complexity index is 1430. The Hall–Kier alpha value is -3.56. The second kappa shape index (κ2) is 14.6. The van der Waals surface area contributed by atoms with Gasteiger partial charge in [0, 0.05) is 24.0 Å². The number of nitrogens with one attached hydrogen (secondary N) is 1. The molecule has 1 aliphatic carbocycles. The number of anilines is 1. The van der Waals surface area contributed by atoms with E-state index in [4.69, 9.17) is 16.3 Å². The maximum atomic E-state index is 14.2. The molecule has 3 aromatic carbocycles. The van der Waals surface area contributed by atoms with Crippen LogP contribution in [0.4, 0.5) is 5.69 Å². The predicted molar refractivity (Wildman–Crippen MR) is 166 cm³/mol. The van der Waals surface area contributed by atoms with Gasteiger partial charge in [0.1, 0.15) is 18.3 Å². The molecule has 0 radical (unpaired) electrons. The Morgan fingerprint density at radius 3 is 2.17 bits per heavy atom. The summed E-state index contributed by atoms with van der Waals surface area (Å²) < 4.78 is 32.1. The van der Waals surface area contributed by atoms with Gasteiger partial charge in [-0.3, -0.25) is 13.9 Å². The van der Waals surface area contributed by atoms with Crippen molar-refractivity contribution in [1.29, 1.82) is 0 Å². The lowest BCUT2D eigenvalue weighted by molar-refractivity contribution is -0.140. The topological polar surface area (TPSA) is 96.0 Å². The van der Waals surface area contributed by atoms with Crippen molar-refractivity contribution < 1.29 is 22.7 Å². The van der Waals surface area contributed by atoms with Crippen molar-refractivity contribution in [3.63, 3.8) is 0 Å². The van der Waals surface area contributed by atoms with Crippen LogP contribution in [-0.4, -0.2) is 57.1 Å². The van der Waals surface area contributed by atoms with Crippen LogP contribution in [0.5, 0.6) is 5.75 Å². The van der Waals surface area contributed by atoms with Gasteiger partial charge in [0.15, 0.2) is 0 Å². The van der Waals surface area contributed by atoms with Gasteiger partial charge in [-0.15, -0.1) is 0 Å². The van der Waals surface area contributed by atoms with E-state index in [1.54, 1.807) is 48.5 Å². The number of carbonyl (C=O) groups excluding carboxylic acids is 2. The third kappa shape index (κ3) is 8.72. The predicted octanol–water partition coefficient (Wildman–Crippen LogP) is 5.20. The van der Waals surface area contributed by atoms with Crippen LogP contribution in [-0.2, 0) is 32.6 Å². The number of hydrogen-bond donors (Lipinski definition) is 1. The average molecular weight is 612 g/mol. The Labute approximate surface area is 253 Å². The highest BCUT2D eigenvalue weighted by molar-refractivity contribution is 7.92. The zero-order chi connectivity index (χ0) is 30.1. The molecule has 2 amide bonds. The van der Waals surface area contributed by atoms with E-state index in [2.05, 4.69) is 5.32 Å². The first kappa shape index (κ1) is 31.4. The van der Waals surface area contributed by atoms with Crippen LogP contribution in [0.1, 0.15) is 43.2 Å². The molecule has 1 fully saturated rings. The van der Waals surface area contributed by atoms with E-state index in [1.807, 2.05) is 30.3 Å². The largest absolute Gasteiger partial charge is 0.497 e. The summed E-state index contributed by atoms with van der Waals surface area (Å²) in [5.74, 6) is -0.181. The molecule has 4 rings (SSSR count). The van der Waals surface area contributed by atoms with Gasteiger partial charge < -0.3 is 15.0 Å². The number of ether oxygens (including phenoxy) is 1. The number of rotatable bonds is 12. The van der Waals surface area contributed by atoms with Crippen LogP contribution in [0.25, 0.3) is 0 Å². The van der Waals surface area contributed by atoms with Gasteiger partial charge in [-0.05, 0) is 60.4 Å². The molecule has 0 aliphatic heterocycles. The molecule has 1 saturated carbocycles. The molecular formula is C32H38ClN3O5S. The van der Waals surface area contributed by atoms with E-state index in [0.717, 1.165) is 53.8 Å². The van der Waals surface area contributed by atoms with Crippen LogP contribution in [0.15, 0.2) is 78.9 Å². The van der Waals surface area contributed by atoms with Gasteiger partial charge in [-0.25, -0.2) is 8.42 Å². The van der Waals surface area contributed by atoms with E-state index in [0.29, 0.717) is 16.5 Å². The molecule has 1 unspecified atom stereocenters. The Morgan fingerprint density at radius 2 is 1.57 bits per heavy atom. The molecule has 1 aliphatic rings. The number of carbonyl (C=O) groups is 2. The van der Waals surface area contributed by atoms with Crippen LogP contribution in [0, 0.1) is 0 Å². The summed E-state index contributed by atoms with van der Waals surface area (Å²) in [6.45, 7) is -0.368. The number of sulfonamides is 1. The Balaban J connectivity index is 1.70. The van der Waals surface area contributed by atoms with Crippen LogP contribution >= 0.6 is 11.6 Å². The summed E-state index contributed by atoms with van der Waals surface area (Å²) in [5, 5.41) is 3.75. The van der Waals surface area contributed by atoms with Crippen molar-refractivity contribution >= 4 is 39.1 Å². The van der Waals surface area contributed by atoms with Crippen molar-refractivity contribution in [2.75, 3.05) is 24.2 Å². The lowest BCUT2D eigenvalue weighted by Gasteiger charge is -2.35. The van der Waals surface area contributed by atoms with Gasteiger partial charge in [0.05, 0.1) is 19.1 Å². The smallest absolute Gasteiger partial charge is 0.244 e. The summed E-state index contributed by atoms with van der Waals surface area (Å²) in [6.07, 6.45) is 6.38. The molecule has 1 atom stereocenters. The molecule has 0 heterocycles. The highest BCUT2D eigenvalue weighted by atomic mass is 35.5. The highest BCUT2D eigenvalue weighted by Gasteiger charge is 2.34. The molecule has 8 nitrogen and oxygen atoms in total. The molecular weight excluding hydrogens is 574 g/mol.